The maximum Gasteiger partial charge on any atom is 0.425 e. The molecule has 2 unspecified atom stereocenters. The fraction of sp³-hybridized carbons (Fsp3) is 0.750. The summed E-state index contributed by atoms with van der Waals surface area (Å²) in [7, 11) is 1.58. The van der Waals surface area contributed by atoms with Crippen LogP contribution < -0.4 is 5.32 Å². The molecule has 1 fully saturated rings. The first kappa shape index (κ1) is 17.8. The summed E-state index contributed by atoms with van der Waals surface area (Å²) < 4.78 is 44.4. The molecule has 0 radical (unpaired) electrons. The molecule has 1 N–H and O–H groups in total. The second kappa shape index (κ2) is 6.49. The van der Waals surface area contributed by atoms with E-state index in [0.717, 1.165) is 34.6 Å². The summed E-state index contributed by atoms with van der Waals surface area (Å²) in [5.41, 5.74) is 0.587. The third-order valence-electron chi connectivity index (χ3n) is 4.29. The highest BCUT2D eigenvalue weighted by Gasteiger charge is 2.41. The Hall–Kier alpha value is -0.590. The second-order valence-electron chi connectivity index (χ2n) is 6.64. The van der Waals surface area contributed by atoms with Crippen LogP contribution in [-0.4, -0.2) is 25.8 Å². The molecule has 1 saturated heterocycles. The van der Waals surface area contributed by atoms with E-state index in [9.17, 15) is 13.2 Å². The van der Waals surface area contributed by atoms with Crippen molar-refractivity contribution in [3.8, 4) is 0 Å². The zero-order valence-electron chi connectivity index (χ0n) is 13.5. The standard InChI is InChI=1S/C16H24F3NOS/c1-10-8-15(3,9-11(2)20-10)14-12(5-6-21-4)7-13(22-14)16(17,18)19/h7,10-11,20H,5-6,8-9H2,1-4H3. The number of hydrogen-bond acceptors (Lipinski definition) is 3. The molecule has 0 saturated carbocycles. The fourth-order valence-electron chi connectivity index (χ4n) is 3.70. The van der Waals surface area contributed by atoms with E-state index in [0.29, 0.717) is 25.1 Å². The molecule has 0 aliphatic carbocycles. The van der Waals surface area contributed by atoms with E-state index >= 15 is 0 Å². The first-order chi connectivity index (χ1) is 10.2. The summed E-state index contributed by atoms with van der Waals surface area (Å²) in [4.78, 5) is 0.394. The Labute approximate surface area is 134 Å². The van der Waals surface area contributed by atoms with Crippen molar-refractivity contribution in [2.75, 3.05) is 13.7 Å². The van der Waals surface area contributed by atoms with Crippen molar-refractivity contribution >= 4 is 11.3 Å². The number of hydrogen-bond donors (Lipinski definition) is 1. The minimum absolute atomic E-state index is 0.207. The van der Waals surface area contributed by atoms with Gasteiger partial charge in [0.2, 0.25) is 0 Å². The van der Waals surface area contributed by atoms with Gasteiger partial charge < -0.3 is 10.1 Å². The molecule has 1 aromatic rings. The summed E-state index contributed by atoms with van der Waals surface area (Å²) in [6, 6.07) is 1.93. The van der Waals surface area contributed by atoms with Crippen LogP contribution in [0.25, 0.3) is 0 Å². The third-order valence-corrected chi connectivity index (χ3v) is 5.82. The Kier molecular flexibility index (Phi) is 5.24. The van der Waals surface area contributed by atoms with E-state index in [1.54, 1.807) is 7.11 Å². The molecule has 0 amide bonds. The lowest BCUT2D eigenvalue weighted by Gasteiger charge is -2.41. The summed E-state index contributed by atoms with van der Waals surface area (Å²) in [6.07, 6.45) is -2.03. The fourth-order valence-corrected chi connectivity index (χ4v) is 4.94. The number of ether oxygens (including phenoxy) is 1. The molecule has 1 aromatic heterocycles. The Morgan fingerprint density at radius 3 is 2.41 bits per heavy atom. The highest BCUT2D eigenvalue weighted by Crippen LogP contribution is 2.46. The molecule has 2 rings (SSSR count). The predicted octanol–water partition coefficient (Wildman–Crippen LogP) is 4.37. The minimum atomic E-state index is -4.27. The molecule has 126 valence electrons. The molecular weight excluding hydrogens is 311 g/mol. The number of alkyl halides is 3. The van der Waals surface area contributed by atoms with Crippen LogP contribution in [0.5, 0.6) is 0 Å². The van der Waals surface area contributed by atoms with Crippen molar-refractivity contribution in [2.45, 2.75) is 63.7 Å². The van der Waals surface area contributed by atoms with Crippen LogP contribution in [0.3, 0.4) is 0 Å². The SMILES string of the molecule is COCCc1cc(C(F)(F)F)sc1C1(C)CC(C)NC(C)C1. The molecule has 2 heterocycles. The van der Waals surface area contributed by atoms with Gasteiger partial charge in [-0.2, -0.15) is 13.2 Å². The maximum atomic E-state index is 13.1. The molecule has 2 atom stereocenters. The predicted molar refractivity (Wildman–Crippen MR) is 83.5 cm³/mol. The van der Waals surface area contributed by atoms with Gasteiger partial charge in [0.1, 0.15) is 4.88 Å². The molecule has 0 bridgehead atoms. The molecule has 1 aliphatic heterocycles. The van der Waals surface area contributed by atoms with Gasteiger partial charge in [0.25, 0.3) is 0 Å². The molecule has 0 aromatic carbocycles. The molecule has 0 spiro atoms. The van der Waals surface area contributed by atoms with Gasteiger partial charge in [-0.3, -0.25) is 0 Å². The molecular formula is C16H24F3NOS. The topological polar surface area (TPSA) is 21.3 Å². The lowest BCUT2D eigenvalue weighted by molar-refractivity contribution is -0.134. The van der Waals surface area contributed by atoms with Crippen molar-refractivity contribution in [3.63, 3.8) is 0 Å². The number of halogens is 3. The molecule has 22 heavy (non-hydrogen) atoms. The number of rotatable bonds is 4. The van der Waals surface area contributed by atoms with Crippen LogP contribution in [0.2, 0.25) is 0 Å². The number of thiophene rings is 1. The van der Waals surface area contributed by atoms with E-state index in [1.807, 2.05) is 0 Å². The van der Waals surface area contributed by atoms with E-state index in [4.69, 9.17) is 4.74 Å². The van der Waals surface area contributed by atoms with Crippen LogP contribution in [0.1, 0.15) is 48.9 Å². The number of methoxy groups -OCH3 is 1. The zero-order valence-corrected chi connectivity index (χ0v) is 14.3. The lowest BCUT2D eigenvalue weighted by Crippen LogP contribution is -2.48. The van der Waals surface area contributed by atoms with Crippen molar-refractivity contribution in [1.82, 2.24) is 5.32 Å². The van der Waals surface area contributed by atoms with Gasteiger partial charge in [-0.1, -0.05) is 6.92 Å². The van der Waals surface area contributed by atoms with Crippen molar-refractivity contribution < 1.29 is 17.9 Å². The summed E-state index contributed by atoms with van der Waals surface area (Å²) in [5.74, 6) is 0. The average molecular weight is 335 g/mol. The monoisotopic (exact) mass is 335 g/mol. The zero-order chi connectivity index (χ0) is 16.5. The van der Waals surface area contributed by atoms with Gasteiger partial charge >= 0.3 is 6.18 Å². The smallest absolute Gasteiger partial charge is 0.384 e. The Balaban J connectivity index is 2.40. The van der Waals surface area contributed by atoms with E-state index in [1.165, 1.54) is 6.07 Å². The van der Waals surface area contributed by atoms with Crippen LogP contribution in [-0.2, 0) is 22.7 Å². The third kappa shape index (κ3) is 3.84. The van der Waals surface area contributed by atoms with Crippen molar-refractivity contribution in [2.24, 2.45) is 0 Å². The molecule has 1 aliphatic rings. The van der Waals surface area contributed by atoms with Crippen LogP contribution in [0.15, 0.2) is 6.07 Å². The van der Waals surface area contributed by atoms with Gasteiger partial charge in [-0.05, 0) is 44.7 Å². The van der Waals surface area contributed by atoms with Gasteiger partial charge in [0, 0.05) is 29.5 Å². The maximum absolute atomic E-state index is 13.1. The van der Waals surface area contributed by atoms with Crippen molar-refractivity contribution in [3.05, 3.63) is 21.4 Å². The number of nitrogens with one attached hydrogen (secondary N) is 1. The highest BCUT2D eigenvalue weighted by molar-refractivity contribution is 7.12. The van der Waals surface area contributed by atoms with Gasteiger partial charge in [-0.15, -0.1) is 11.3 Å². The quantitative estimate of drug-likeness (QED) is 0.882. The summed E-state index contributed by atoms with van der Waals surface area (Å²) in [6.45, 7) is 6.74. The van der Waals surface area contributed by atoms with E-state index in [-0.39, 0.29) is 5.41 Å². The first-order valence-electron chi connectivity index (χ1n) is 7.61. The Morgan fingerprint density at radius 1 is 1.32 bits per heavy atom. The number of piperidine rings is 1. The second-order valence-corrected chi connectivity index (χ2v) is 7.70. The molecule has 2 nitrogen and oxygen atoms in total. The van der Waals surface area contributed by atoms with Gasteiger partial charge in [0.05, 0.1) is 6.61 Å². The van der Waals surface area contributed by atoms with Gasteiger partial charge in [-0.25, -0.2) is 0 Å². The average Bonchev–Trinajstić information content (AvgIpc) is 2.79. The van der Waals surface area contributed by atoms with Crippen LogP contribution >= 0.6 is 11.3 Å². The molecule has 6 heteroatoms. The largest absolute Gasteiger partial charge is 0.425 e. The van der Waals surface area contributed by atoms with Crippen molar-refractivity contribution in [1.29, 1.82) is 0 Å². The summed E-state index contributed by atoms with van der Waals surface area (Å²) >= 11 is 0.918. The normalized spacial score (nSPS) is 29.8. The van der Waals surface area contributed by atoms with Crippen LogP contribution in [0.4, 0.5) is 13.2 Å². The first-order valence-corrected chi connectivity index (χ1v) is 8.43. The van der Waals surface area contributed by atoms with E-state index < -0.39 is 11.1 Å². The Bertz CT molecular complexity index is 502. The highest BCUT2D eigenvalue weighted by atomic mass is 32.1. The summed E-state index contributed by atoms with van der Waals surface area (Å²) in [5, 5.41) is 3.46. The lowest BCUT2D eigenvalue weighted by atomic mass is 9.73. The minimum Gasteiger partial charge on any atom is -0.384 e. The van der Waals surface area contributed by atoms with E-state index in [2.05, 4.69) is 26.1 Å². The van der Waals surface area contributed by atoms with Gasteiger partial charge in [0.15, 0.2) is 0 Å². The Morgan fingerprint density at radius 2 is 1.91 bits per heavy atom. The van der Waals surface area contributed by atoms with Crippen LogP contribution in [0, 0.1) is 0 Å².